The lowest BCUT2D eigenvalue weighted by Gasteiger charge is -2.19. The van der Waals surface area contributed by atoms with E-state index in [-0.39, 0.29) is 5.60 Å². The Morgan fingerprint density at radius 2 is 2.40 bits per heavy atom. The highest BCUT2D eigenvalue weighted by Crippen LogP contribution is 2.48. The zero-order valence-corrected chi connectivity index (χ0v) is 6.59. The first-order valence-electron chi connectivity index (χ1n) is 3.97. The third-order valence-electron chi connectivity index (χ3n) is 2.74. The van der Waals surface area contributed by atoms with Crippen molar-refractivity contribution in [1.82, 2.24) is 0 Å². The molecule has 2 nitrogen and oxygen atoms in total. The van der Waals surface area contributed by atoms with Crippen LogP contribution in [0.1, 0.15) is 26.2 Å². The second-order valence-electron chi connectivity index (χ2n) is 3.52. The molecule has 0 aromatic rings. The van der Waals surface area contributed by atoms with E-state index in [0.717, 1.165) is 0 Å². The van der Waals surface area contributed by atoms with Crippen LogP contribution in [-0.2, 0) is 9.47 Å². The van der Waals surface area contributed by atoms with Crippen LogP contribution in [0, 0.1) is 0 Å². The van der Waals surface area contributed by atoms with Gasteiger partial charge in [-0.25, -0.2) is 0 Å². The van der Waals surface area contributed by atoms with Crippen LogP contribution in [0.3, 0.4) is 0 Å². The first-order valence-corrected chi connectivity index (χ1v) is 3.97. The van der Waals surface area contributed by atoms with Crippen LogP contribution < -0.4 is 0 Å². The molecule has 1 aliphatic carbocycles. The highest BCUT2D eigenvalue weighted by atomic mass is 16.6. The van der Waals surface area contributed by atoms with Crippen molar-refractivity contribution in [3.63, 3.8) is 0 Å². The molecule has 1 unspecified atom stereocenters. The van der Waals surface area contributed by atoms with Crippen molar-refractivity contribution < 1.29 is 9.47 Å². The Labute approximate surface area is 61.5 Å². The van der Waals surface area contributed by atoms with Crippen molar-refractivity contribution in [1.29, 1.82) is 0 Å². The number of hydrogen-bond acceptors (Lipinski definition) is 2. The Morgan fingerprint density at radius 3 is 3.00 bits per heavy atom. The monoisotopic (exact) mass is 142 g/mol. The van der Waals surface area contributed by atoms with Crippen LogP contribution in [0.25, 0.3) is 0 Å². The Kier molecular flexibility index (Phi) is 1.29. The van der Waals surface area contributed by atoms with E-state index in [9.17, 15) is 0 Å². The SMILES string of the molecule is COC1CCC[C@@]2(C)O[C@@H]12. The number of hydrogen-bond donors (Lipinski definition) is 0. The molecule has 1 saturated carbocycles. The summed E-state index contributed by atoms with van der Waals surface area (Å²) < 4.78 is 10.8. The van der Waals surface area contributed by atoms with Crippen LogP contribution in [0.5, 0.6) is 0 Å². The molecule has 1 heterocycles. The molecule has 2 fully saturated rings. The predicted molar refractivity (Wildman–Crippen MR) is 37.9 cm³/mol. The first kappa shape index (κ1) is 6.62. The average Bonchev–Trinajstić information content (AvgIpc) is 2.59. The molecule has 58 valence electrons. The molecule has 1 saturated heterocycles. The predicted octanol–water partition coefficient (Wildman–Crippen LogP) is 1.34. The minimum Gasteiger partial charge on any atom is -0.379 e. The van der Waals surface area contributed by atoms with Gasteiger partial charge in [-0.3, -0.25) is 0 Å². The van der Waals surface area contributed by atoms with Gasteiger partial charge in [0.1, 0.15) is 6.10 Å². The maximum atomic E-state index is 5.54. The summed E-state index contributed by atoms with van der Waals surface area (Å²) in [7, 11) is 1.78. The maximum Gasteiger partial charge on any atom is 0.113 e. The lowest BCUT2D eigenvalue weighted by molar-refractivity contribution is 0.0653. The summed E-state index contributed by atoms with van der Waals surface area (Å²) in [4.78, 5) is 0. The van der Waals surface area contributed by atoms with Gasteiger partial charge in [0.25, 0.3) is 0 Å². The summed E-state index contributed by atoms with van der Waals surface area (Å²) >= 11 is 0. The number of fused-ring (bicyclic) bond motifs is 1. The van der Waals surface area contributed by atoms with E-state index < -0.39 is 0 Å². The summed E-state index contributed by atoms with van der Waals surface area (Å²) in [5, 5.41) is 0. The summed E-state index contributed by atoms with van der Waals surface area (Å²) in [6.07, 6.45) is 4.43. The fourth-order valence-corrected chi connectivity index (χ4v) is 1.97. The zero-order chi connectivity index (χ0) is 7.19. The van der Waals surface area contributed by atoms with E-state index in [2.05, 4.69) is 6.92 Å². The van der Waals surface area contributed by atoms with Crippen LogP contribution in [-0.4, -0.2) is 24.9 Å². The quantitative estimate of drug-likeness (QED) is 0.515. The topological polar surface area (TPSA) is 21.8 Å². The van der Waals surface area contributed by atoms with Crippen molar-refractivity contribution in [2.75, 3.05) is 7.11 Å². The lowest BCUT2D eigenvalue weighted by Crippen LogP contribution is -2.29. The second kappa shape index (κ2) is 1.95. The van der Waals surface area contributed by atoms with Gasteiger partial charge in [0, 0.05) is 7.11 Å². The number of epoxide rings is 1. The van der Waals surface area contributed by atoms with Crippen molar-refractivity contribution in [3.8, 4) is 0 Å². The van der Waals surface area contributed by atoms with Gasteiger partial charge in [-0.1, -0.05) is 0 Å². The maximum absolute atomic E-state index is 5.54. The minimum atomic E-state index is 0.193. The average molecular weight is 142 g/mol. The highest BCUT2D eigenvalue weighted by molar-refractivity contribution is 5.06. The summed E-state index contributed by atoms with van der Waals surface area (Å²) in [5.74, 6) is 0. The van der Waals surface area contributed by atoms with Crippen molar-refractivity contribution in [2.45, 2.75) is 44.0 Å². The highest BCUT2D eigenvalue weighted by Gasteiger charge is 2.58. The molecule has 2 rings (SSSR count). The van der Waals surface area contributed by atoms with E-state index in [1.54, 1.807) is 7.11 Å². The Morgan fingerprint density at radius 1 is 1.60 bits per heavy atom. The van der Waals surface area contributed by atoms with Gasteiger partial charge >= 0.3 is 0 Å². The van der Waals surface area contributed by atoms with Crippen LogP contribution in [0.15, 0.2) is 0 Å². The molecule has 0 spiro atoms. The van der Waals surface area contributed by atoms with Crippen molar-refractivity contribution >= 4 is 0 Å². The molecule has 0 aromatic heterocycles. The number of rotatable bonds is 1. The van der Waals surface area contributed by atoms with E-state index in [4.69, 9.17) is 9.47 Å². The Balaban J connectivity index is 2.02. The van der Waals surface area contributed by atoms with Gasteiger partial charge < -0.3 is 9.47 Å². The van der Waals surface area contributed by atoms with Gasteiger partial charge in [-0.15, -0.1) is 0 Å². The molecule has 0 aromatic carbocycles. The molecular formula is C8H14O2. The molecule has 2 aliphatic rings. The fraction of sp³-hybridized carbons (Fsp3) is 1.00. The zero-order valence-electron chi connectivity index (χ0n) is 6.59. The summed E-state index contributed by atoms with van der Waals surface area (Å²) in [6.45, 7) is 2.18. The third kappa shape index (κ3) is 0.789. The molecule has 0 N–H and O–H groups in total. The van der Waals surface area contributed by atoms with E-state index in [1.165, 1.54) is 19.3 Å². The molecule has 0 bridgehead atoms. The minimum absolute atomic E-state index is 0.193. The third-order valence-corrected chi connectivity index (χ3v) is 2.74. The standard InChI is InChI=1S/C8H14O2/c1-8-5-3-4-6(9-2)7(8)10-8/h6-7H,3-5H2,1-2H3/t6?,7-,8+/m0/s1. The smallest absolute Gasteiger partial charge is 0.113 e. The van der Waals surface area contributed by atoms with Crippen LogP contribution in [0.4, 0.5) is 0 Å². The molecular weight excluding hydrogens is 128 g/mol. The van der Waals surface area contributed by atoms with E-state index >= 15 is 0 Å². The normalized spacial score (nSPS) is 52.2. The largest absolute Gasteiger partial charge is 0.379 e. The van der Waals surface area contributed by atoms with Crippen molar-refractivity contribution in [2.24, 2.45) is 0 Å². The van der Waals surface area contributed by atoms with E-state index in [1.807, 2.05) is 0 Å². The first-order chi connectivity index (χ1) is 4.76. The van der Waals surface area contributed by atoms with Gasteiger partial charge in [-0.05, 0) is 26.2 Å². The summed E-state index contributed by atoms with van der Waals surface area (Å²) in [6, 6.07) is 0. The van der Waals surface area contributed by atoms with Crippen molar-refractivity contribution in [3.05, 3.63) is 0 Å². The molecule has 2 heteroatoms. The van der Waals surface area contributed by atoms with Crippen LogP contribution >= 0.6 is 0 Å². The number of methoxy groups -OCH3 is 1. The Bertz CT molecular complexity index is 144. The lowest BCUT2D eigenvalue weighted by atomic mass is 9.89. The summed E-state index contributed by atoms with van der Waals surface area (Å²) in [5.41, 5.74) is 0.193. The van der Waals surface area contributed by atoms with Gasteiger partial charge in [-0.2, -0.15) is 0 Å². The molecule has 1 aliphatic heterocycles. The van der Waals surface area contributed by atoms with E-state index in [0.29, 0.717) is 12.2 Å². The molecule has 10 heavy (non-hydrogen) atoms. The van der Waals surface area contributed by atoms with Gasteiger partial charge in [0.15, 0.2) is 0 Å². The van der Waals surface area contributed by atoms with Crippen LogP contribution in [0.2, 0.25) is 0 Å². The molecule has 0 amide bonds. The van der Waals surface area contributed by atoms with Gasteiger partial charge in [0.05, 0.1) is 11.7 Å². The Hall–Kier alpha value is -0.0800. The van der Waals surface area contributed by atoms with Gasteiger partial charge in [0.2, 0.25) is 0 Å². The molecule has 0 radical (unpaired) electrons. The molecule has 3 atom stereocenters. The number of ether oxygens (including phenoxy) is 2. The fourth-order valence-electron chi connectivity index (χ4n) is 1.97. The second-order valence-corrected chi connectivity index (χ2v) is 3.52.